The average molecular weight is 1860 g/mol. The van der Waals surface area contributed by atoms with Crippen molar-refractivity contribution in [2.45, 2.75) is 221 Å². The summed E-state index contributed by atoms with van der Waals surface area (Å²) in [6.45, 7) is 55.6. The van der Waals surface area contributed by atoms with Gasteiger partial charge in [0, 0.05) is 26.4 Å². The molecule has 36 unspecified atom stereocenters. The van der Waals surface area contributed by atoms with E-state index in [9.17, 15) is 57.5 Å². The van der Waals surface area contributed by atoms with Crippen LogP contribution < -0.4 is 10.6 Å². The third-order valence-electron chi connectivity index (χ3n) is 32.2. The van der Waals surface area contributed by atoms with Crippen LogP contribution in [0.4, 0.5) is 0 Å². The fourth-order valence-corrected chi connectivity index (χ4v) is 25.3. The minimum atomic E-state index is -0.601. The predicted molar refractivity (Wildman–Crippen MR) is 474 cm³/mol. The van der Waals surface area contributed by atoms with Crippen molar-refractivity contribution in [2.75, 3.05) is 87.4 Å². The summed E-state index contributed by atoms with van der Waals surface area (Å²) >= 11 is 0. The van der Waals surface area contributed by atoms with Crippen LogP contribution in [0.25, 0.3) is 0 Å². The largest absolute Gasteiger partial charge is 0.469 e. The van der Waals surface area contributed by atoms with Gasteiger partial charge in [0.25, 0.3) is 0 Å². The van der Waals surface area contributed by atoms with Gasteiger partial charge in [-0.05, 0) is 270 Å². The molecule has 12 aliphatic carbocycles. The lowest BCUT2D eigenvalue weighted by molar-refractivity contribution is -0.239. The molecule has 6 N–H and O–H groups in total. The van der Waals surface area contributed by atoms with Crippen LogP contribution in [-0.4, -0.2) is 196 Å². The zero-order chi connectivity index (χ0) is 98.4. The maximum atomic E-state index is 12.7. The summed E-state index contributed by atoms with van der Waals surface area (Å²) in [4.78, 5) is 157. The smallest absolute Gasteiger partial charge is 0.315 e. The first-order valence-electron chi connectivity index (χ1n) is 47.6. The van der Waals surface area contributed by atoms with Gasteiger partial charge in [0.2, 0.25) is 17.7 Å². The summed E-state index contributed by atoms with van der Waals surface area (Å²) < 4.78 is 67.4. The van der Waals surface area contributed by atoms with Crippen LogP contribution >= 0.6 is 0 Å². The molecular formula is C98H158N2O31. The number of nitrogens with one attached hydrogen (secondary N) is 2. The Hall–Kier alpha value is -7.40. The van der Waals surface area contributed by atoms with Crippen molar-refractivity contribution in [2.24, 2.45) is 213 Å². The summed E-state index contributed by atoms with van der Waals surface area (Å²) in [6.07, 6.45) is 5.28. The molecule has 33 nitrogen and oxygen atoms in total. The van der Waals surface area contributed by atoms with Gasteiger partial charge in [-0.1, -0.05) is 89.7 Å². The fraction of sp³-hybridized carbons (Fsp3) is 0.837. The van der Waals surface area contributed by atoms with Crippen LogP contribution in [0.1, 0.15) is 205 Å². The summed E-state index contributed by atoms with van der Waals surface area (Å²) in [5.41, 5.74) is -1.73. The second-order valence-corrected chi connectivity index (χ2v) is 42.0. The lowest BCUT2D eigenvalue weighted by Crippen LogP contribution is -2.47. The van der Waals surface area contributed by atoms with Crippen molar-refractivity contribution >= 4 is 71.5 Å². The molecule has 0 aromatic rings. The van der Waals surface area contributed by atoms with Gasteiger partial charge in [-0.3, -0.25) is 68.1 Å². The van der Waals surface area contributed by atoms with Crippen molar-refractivity contribution in [3.63, 3.8) is 0 Å². The molecule has 0 radical (unpaired) electrons. The van der Waals surface area contributed by atoms with E-state index in [4.69, 9.17) is 82.3 Å². The van der Waals surface area contributed by atoms with E-state index in [-0.39, 0.29) is 231 Å². The molecule has 12 aliphatic rings. The zero-order valence-electron chi connectivity index (χ0n) is 82.5. The van der Waals surface area contributed by atoms with E-state index in [1.54, 1.807) is 0 Å². The van der Waals surface area contributed by atoms with Gasteiger partial charge in [0.05, 0.1) is 98.4 Å². The molecule has 0 saturated heterocycles. The topological polar surface area (TPSA) is 448 Å². The van der Waals surface area contributed by atoms with Crippen LogP contribution in [0.5, 0.6) is 0 Å². The van der Waals surface area contributed by atoms with E-state index in [1.165, 1.54) is 14.2 Å². The molecule has 0 heterocycles. The highest BCUT2D eigenvalue weighted by atomic mass is 17.1. The molecular weight excluding hydrogens is 1700 g/mol. The Bertz CT molecular complexity index is 3830. The molecule has 746 valence electrons. The molecule has 131 heavy (non-hydrogen) atoms. The van der Waals surface area contributed by atoms with Gasteiger partial charge in [-0.15, -0.1) is 0 Å². The summed E-state index contributed by atoms with van der Waals surface area (Å²) in [5, 5.41) is 39.9. The second-order valence-electron chi connectivity index (χ2n) is 42.0. The molecule has 0 aliphatic heterocycles. The predicted octanol–water partition coefficient (Wildman–Crippen LogP) is 12.1. The Labute approximate surface area is 774 Å². The number of aliphatic hydroxyl groups excluding tert-OH is 2. The monoisotopic (exact) mass is 1860 g/mol. The zero-order valence-corrected chi connectivity index (χ0v) is 82.5. The highest BCUT2D eigenvalue weighted by Crippen LogP contribution is 2.65. The van der Waals surface area contributed by atoms with Crippen molar-refractivity contribution in [3.05, 3.63) is 24.8 Å². The first-order valence-corrected chi connectivity index (χ1v) is 47.6. The van der Waals surface area contributed by atoms with Crippen LogP contribution in [0, 0.1) is 213 Å². The lowest BCUT2D eigenvalue weighted by Gasteiger charge is -2.37. The number of esters is 10. The number of ether oxygens (including phenoxy) is 13. The van der Waals surface area contributed by atoms with Crippen molar-refractivity contribution in [1.29, 1.82) is 0 Å². The molecule has 36 atom stereocenters. The molecule has 12 rings (SSSR count). The molecule has 12 saturated carbocycles. The first-order chi connectivity index (χ1) is 61.4. The van der Waals surface area contributed by atoms with E-state index < -0.39 is 64.2 Å². The molecule has 0 spiro atoms. The van der Waals surface area contributed by atoms with Gasteiger partial charge in [0.15, 0.2) is 20.4 Å². The third kappa shape index (κ3) is 25.7. The minimum absolute atomic E-state index is 0.0221. The standard InChI is InChI=1S/C18H28O6.C17H27NO5.C17H29NO4.C16H26O6.2C15H24O5/c1-9(8-22-21)23-16(19)14-12-7-13(11(3)10(12)2)15(14)17(20)24-18(4,5)6;1-8-9(2)12-7-11(8)13(15(19)18-10(3)23-21)14(12)16(20)22-17(4,5)6;1-9-10(2)12-8-11(9)13(15(20)18-6-7-19)14(12)16(21)22-17(3,4)5;1-4-20-8-22-16(19)14-12-7-11(9(2)10(12)3)13(14)15(18)21-6-5-17;2*1-5-19-7-20-15(17)13-11-6-10(8(2)9(11)3)12(13)14(16)18-4/h10-15,21H,1,7-8H2,2-6H3;8-9,11-14,21H,3,7H2,1-2,4-6H3,(H,18,19);9-14,19H,6-8H2,1-5H3,(H,18,20);9-14,17H,4-8H2,1-3H3;2*8-13H,5-7H2,1-4H3. The van der Waals surface area contributed by atoms with Crippen molar-refractivity contribution in [3.8, 4) is 0 Å². The Morgan fingerprint density at radius 3 is 0.802 bits per heavy atom. The number of amides is 2. The lowest BCUT2D eigenvalue weighted by atomic mass is 9.69. The molecule has 12 bridgehead atoms. The SMILES string of the molecule is C=C(COO)OC(=O)C1C2CC(C(C)C2C)C1C(=O)OC(C)(C)C.C=C(NC(=O)C1C2CC(C(C)C2C)C1C(=O)OC(C)(C)C)OO.CC1C(C)C2CC1C(C(=O)NCCO)C2C(=O)OC(C)(C)C.CCOCOC(=O)C1C2CC(C(C)C2C)C1C(=O)OC.CCOCOC(=O)C1C2CC(C(C)C2C)C1C(=O)OC.CCOCOC(=O)C1C2CC(C(C)C2C)C1C(=O)OCCO. The number of hydrogen-bond acceptors (Lipinski definition) is 31. The van der Waals surface area contributed by atoms with Gasteiger partial charge in [-0.2, -0.15) is 0 Å². The quantitative estimate of drug-likeness (QED) is 0.00740. The Balaban J connectivity index is 0.000000215. The number of methoxy groups -OCH3 is 2. The van der Waals surface area contributed by atoms with E-state index in [0.29, 0.717) is 90.8 Å². The van der Waals surface area contributed by atoms with E-state index in [2.05, 4.69) is 117 Å². The van der Waals surface area contributed by atoms with Crippen LogP contribution in [0.3, 0.4) is 0 Å². The van der Waals surface area contributed by atoms with Gasteiger partial charge < -0.3 is 82.0 Å². The summed E-state index contributed by atoms with van der Waals surface area (Å²) in [7, 11) is 2.76. The highest BCUT2D eigenvalue weighted by Gasteiger charge is 2.67. The maximum Gasteiger partial charge on any atom is 0.315 e. The fourth-order valence-electron chi connectivity index (χ4n) is 25.3. The second kappa shape index (κ2) is 47.9. The van der Waals surface area contributed by atoms with Crippen LogP contribution in [0.2, 0.25) is 0 Å². The van der Waals surface area contributed by atoms with Crippen molar-refractivity contribution in [1.82, 2.24) is 10.6 Å². The minimum Gasteiger partial charge on any atom is -0.469 e. The highest BCUT2D eigenvalue weighted by molar-refractivity contribution is 5.90. The number of aliphatic hydroxyl groups is 2. The molecule has 0 aromatic heterocycles. The average Bonchev–Trinajstić information content (AvgIpc) is 1.60. The third-order valence-corrected chi connectivity index (χ3v) is 32.2. The summed E-state index contributed by atoms with van der Waals surface area (Å²) in [6, 6.07) is 0. The number of hydrogen-bond donors (Lipinski definition) is 6. The van der Waals surface area contributed by atoms with Gasteiger partial charge in [-0.25, -0.2) is 10.1 Å². The normalized spacial score (nSPS) is 36.9. The number of fused-ring (bicyclic) bond motifs is 12. The Kier molecular flexibility index (Phi) is 40.4. The number of rotatable bonds is 30. The van der Waals surface area contributed by atoms with Crippen molar-refractivity contribution < 1.29 is 150 Å². The summed E-state index contributed by atoms with van der Waals surface area (Å²) in [5.74, 6) is -2.07. The number of carbonyl (C=O) groups excluding carboxylic acids is 12. The molecule has 2 amide bonds. The van der Waals surface area contributed by atoms with Crippen LogP contribution in [-0.2, 0) is 129 Å². The first kappa shape index (κ1) is 111. The van der Waals surface area contributed by atoms with E-state index >= 15 is 0 Å². The Morgan fingerprint density at radius 1 is 0.328 bits per heavy atom. The van der Waals surface area contributed by atoms with Gasteiger partial charge >= 0.3 is 59.7 Å². The molecule has 0 aromatic carbocycles. The molecule has 12 fully saturated rings. The Morgan fingerprint density at radius 2 is 0.565 bits per heavy atom. The van der Waals surface area contributed by atoms with Gasteiger partial charge in [0.1, 0.15) is 35.8 Å². The van der Waals surface area contributed by atoms with Crippen LogP contribution in [0.15, 0.2) is 24.8 Å². The number of carbonyl (C=O) groups is 12. The maximum absolute atomic E-state index is 12.7. The van der Waals surface area contributed by atoms with E-state index in [1.807, 2.05) is 83.1 Å². The van der Waals surface area contributed by atoms with E-state index in [0.717, 1.165) is 38.5 Å². The molecule has 33 heteroatoms.